The molecule has 0 unspecified atom stereocenters. The maximum Gasteiger partial charge on any atom is 0.225 e. The van der Waals surface area contributed by atoms with Crippen molar-refractivity contribution in [2.24, 2.45) is 10.8 Å². The molecular weight excluding hydrogens is 250 g/mol. The Morgan fingerprint density at radius 2 is 1.44 bits per heavy atom. The highest BCUT2D eigenvalue weighted by Gasteiger charge is 2.30. The molecule has 0 rings (SSSR count). The van der Waals surface area contributed by atoms with Crippen LogP contribution in [0, 0.1) is 10.8 Å². The lowest BCUT2D eigenvalue weighted by atomic mass is 9.87. The Morgan fingerprint density at radius 1 is 1.00 bits per heavy atom. The summed E-state index contributed by atoms with van der Waals surface area (Å²) in [4.78, 5) is 35.0. The highest BCUT2D eigenvalue weighted by molar-refractivity contribution is 7.96. The molecule has 18 heavy (non-hydrogen) atoms. The van der Waals surface area contributed by atoms with E-state index in [9.17, 15) is 14.4 Å². The highest BCUT2D eigenvalue weighted by atomic mass is 32.1. The fourth-order valence-electron chi connectivity index (χ4n) is 1.07. The van der Waals surface area contributed by atoms with E-state index in [1.54, 1.807) is 41.5 Å². The van der Waals surface area contributed by atoms with Crippen LogP contribution in [0.15, 0.2) is 0 Å². The molecular formula is C13H23NO3S. The topological polar surface area (TPSA) is 63.2 Å². The number of ketones is 1. The number of Topliss-reactive ketones (excluding diaryl/α,β-unsaturated/α-hetero) is 1. The van der Waals surface area contributed by atoms with Crippen molar-refractivity contribution in [3.8, 4) is 0 Å². The molecule has 0 saturated heterocycles. The molecule has 0 aliphatic carbocycles. The minimum Gasteiger partial charge on any atom is -0.344 e. The molecule has 5 heteroatoms. The molecule has 1 atom stereocenters. The van der Waals surface area contributed by atoms with Crippen molar-refractivity contribution < 1.29 is 14.4 Å². The molecule has 0 aromatic carbocycles. The lowest BCUT2D eigenvalue weighted by Crippen LogP contribution is -2.46. The van der Waals surface area contributed by atoms with Crippen molar-refractivity contribution in [1.29, 1.82) is 0 Å². The largest absolute Gasteiger partial charge is 0.344 e. The molecule has 0 aromatic heterocycles. The van der Waals surface area contributed by atoms with Crippen LogP contribution in [0.1, 0.15) is 48.0 Å². The van der Waals surface area contributed by atoms with E-state index in [0.717, 1.165) is 0 Å². The van der Waals surface area contributed by atoms with E-state index in [1.807, 2.05) is 0 Å². The van der Waals surface area contributed by atoms with Gasteiger partial charge in [-0.15, -0.1) is 12.6 Å². The van der Waals surface area contributed by atoms with E-state index < -0.39 is 22.0 Å². The molecule has 0 bridgehead atoms. The first kappa shape index (κ1) is 17.2. The van der Waals surface area contributed by atoms with Crippen LogP contribution >= 0.6 is 12.6 Å². The van der Waals surface area contributed by atoms with Gasteiger partial charge >= 0.3 is 0 Å². The summed E-state index contributed by atoms with van der Waals surface area (Å²) in [7, 11) is 0. The molecule has 1 N–H and O–H groups in total. The first-order valence-electron chi connectivity index (χ1n) is 5.93. The Hall–Kier alpha value is -0.840. The fraction of sp³-hybridized carbons (Fsp3) is 0.769. The number of hydrogen-bond donors (Lipinski definition) is 2. The Bertz CT molecular complexity index is 322. The second-order valence-electron chi connectivity index (χ2n) is 6.49. The van der Waals surface area contributed by atoms with Gasteiger partial charge in [-0.3, -0.25) is 14.4 Å². The zero-order valence-corrected chi connectivity index (χ0v) is 12.9. The first-order chi connectivity index (χ1) is 7.85. The minimum absolute atomic E-state index is 0.0202. The summed E-state index contributed by atoms with van der Waals surface area (Å²) in [6.07, 6.45) is -0.0202. The van der Waals surface area contributed by atoms with Gasteiger partial charge < -0.3 is 5.32 Å². The third-order valence-electron chi connectivity index (χ3n) is 2.51. The third-order valence-corrected chi connectivity index (χ3v) is 2.82. The number of nitrogens with one attached hydrogen (secondary N) is 1. The Kier molecular flexibility index (Phi) is 5.59. The van der Waals surface area contributed by atoms with Crippen LogP contribution in [0.5, 0.6) is 0 Å². The standard InChI is InChI=1S/C13H23NO3S/c1-12(2,3)9(15)7-8(10(16)18)14-11(17)13(4,5)6/h8H,7H2,1-6H3,(H,14,17)(H,16,18)/t8-/m1/s1. The van der Waals surface area contributed by atoms with Crippen molar-refractivity contribution in [2.75, 3.05) is 0 Å². The summed E-state index contributed by atoms with van der Waals surface area (Å²) in [6, 6.07) is -0.855. The quantitative estimate of drug-likeness (QED) is 0.770. The maximum atomic E-state index is 11.9. The monoisotopic (exact) mass is 273 g/mol. The van der Waals surface area contributed by atoms with Crippen molar-refractivity contribution in [3.63, 3.8) is 0 Å². The molecule has 0 heterocycles. The van der Waals surface area contributed by atoms with E-state index >= 15 is 0 Å². The molecule has 4 nitrogen and oxygen atoms in total. The Labute approximate surface area is 114 Å². The molecule has 0 aliphatic heterocycles. The van der Waals surface area contributed by atoms with Crippen LogP contribution in [-0.4, -0.2) is 22.8 Å². The number of carbonyl (C=O) groups is 3. The van der Waals surface area contributed by atoms with Gasteiger partial charge in [0.05, 0.1) is 0 Å². The molecule has 0 aliphatic rings. The highest BCUT2D eigenvalue weighted by Crippen LogP contribution is 2.19. The summed E-state index contributed by atoms with van der Waals surface area (Å²) >= 11 is 3.73. The molecule has 0 fully saturated rings. The summed E-state index contributed by atoms with van der Waals surface area (Å²) in [5, 5.41) is 2.08. The SMILES string of the molecule is CC(C)(C)C(=O)C[C@@H](NC(=O)C(C)(C)C)C(=O)S. The number of amides is 1. The molecule has 0 spiro atoms. The molecule has 104 valence electrons. The summed E-state index contributed by atoms with van der Waals surface area (Å²) < 4.78 is 0. The third kappa shape index (κ3) is 5.67. The van der Waals surface area contributed by atoms with E-state index in [1.165, 1.54) is 0 Å². The molecule has 1 amide bonds. The van der Waals surface area contributed by atoms with Gasteiger partial charge in [-0.05, 0) is 0 Å². The zero-order chi connectivity index (χ0) is 14.7. The molecule has 0 radical (unpaired) electrons. The van der Waals surface area contributed by atoms with E-state index in [4.69, 9.17) is 0 Å². The number of hydrogen-bond acceptors (Lipinski definition) is 3. The van der Waals surface area contributed by atoms with Crippen molar-refractivity contribution in [1.82, 2.24) is 5.32 Å². The first-order valence-corrected chi connectivity index (χ1v) is 6.37. The van der Waals surface area contributed by atoms with Gasteiger partial charge in [-0.2, -0.15) is 0 Å². The van der Waals surface area contributed by atoms with Crippen molar-refractivity contribution in [2.45, 2.75) is 54.0 Å². The van der Waals surface area contributed by atoms with Gasteiger partial charge in [0.25, 0.3) is 0 Å². The van der Waals surface area contributed by atoms with Crippen molar-refractivity contribution in [3.05, 3.63) is 0 Å². The van der Waals surface area contributed by atoms with E-state index in [0.29, 0.717) is 0 Å². The van der Waals surface area contributed by atoms with Gasteiger partial charge in [0, 0.05) is 17.3 Å². The van der Waals surface area contributed by atoms with Crippen LogP contribution in [0.2, 0.25) is 0 Å². The van der Waals surface area contributed by atoms with E-state index in [2.05, 4.69) is 17.9 Å². The van der Waals surface area contributed by atoms with Crippen LogP contribution in [0.3, 0.4) is 0 Å². The zero-order valence-electron chi connectivity index (χ0n) is 12.0. The van der Waals surface area contributed by atoms with Crippen LogP contribution in [-0.2, 0) is 14.4 Å². The summed E-state index contributed by atoms with van der Waals surface area (Å²) in [6.45, 7) is 10.6. The van der Waals surface area contributed by atoms with Crippen LogP contribution < -0.4 is 5.32 Å². The predicted molar refractivity (Wildman–Crippen MR) is 74.5 cm³/mol. The normalized spacial score (nSPS) is 13.9. The van der Waals surface area contributed by atoms with Gasteiger partial charge in [0.15, 0.2) is 0 Å². The Balaban J connectivity index is 4.77. The van der Waals surface area contributed by atoms with Crippen molar-refractivity contribution >= 4 is 29.4 Å². The predicted octanol–water partition coefficient (Wildman–Crippen LogP) is 1.98. The smallest absolute Gasteiger partial charge is 0.225 e. The average molecular weight is 273 g/mol. The van der Waals surface area contributed by atoms with Crippen LogP contribution in [0.25, 0.3) is 0 Å². The summed E-state index contributed by atoms with van der Waals surface area (Å²) in [5.41, 5.74) is -1.14. The second-order valence-corrected chi connectivity index (χ2v) is 6.93. The lowest BCUT2D eigenvalue weighted by molar-refractivity contribution is -0.133. The number of thiol groups is 1. The fourth-order valence-corrected chi connectivity index (χ4v) is 1.22. The maximum absolute atomic E-state index is 11.9. The summed E-state index contributed by atoms with van der Waals surface area (Å²) in [5.74, 6) is -0.347. The Morgan fingerprint density at radius 3 is 1.72 bits per heavy atom. The van der Waals surface area contributed by atoms with Gasteiger partial charge in [0.2, 0.25) is 11.0 Å². The molecule has 0 saturated carbocycles. The van der Waals surface area contributed by atoms with Crippen LogP contribution in [0.4, 0.5) is 0 Å². The van der Waals surface area contributed by atoms with Gasteiger partial charge in [-0.1, -0.05) is 41.5 Å². The minimum atomic E-state index is -0.855. The molecule has 0 aromatic rings. The van der Waals surface area contributed by atoms with Gasteiger partial charge in [0.1, 0.15) is 11.8 Å². The lowest BCUT2D eigenvalue weighted by Gasteiger charge is -2.24. The van der Waals surface area contributed by atoms with Gasteiger partial charge in [-0.25, -0.2) is 0 Å². The average Bonchev–Trinajstić information content (AvgIpc) is 2.12. The second kappa shape index (κ2) is 5.87. The van der Waals surface area contributed by atoms with E-state index in [-0.39, 0.29) is 18.1 Å². The number of carbonyl (C=O) groups excluding carboxylic acids is 3. The number of rotatable bonds is 4.